The number of ketones is 1. The Balaban J connectivity index is 1.69. The molecule has 0 saturated carbocycles. The molecule has 5 rings (SSSR count). The molecule has 0 spiro atoms. The van der Waals surface area contributed by atoms with E-state index in [0.717, 1.165) is 6.42 Å². The molecule has 5 saturated heterocycles. The van der Waals surface area contributed by atoms with Crippen LogP contribution in [0.3, 0.4) is 0 Å². The third kappa shape index (κ3) is 15.6. The molecule has 0 aromatic heterocycles. The number of rotatable bonds is 15. The number of carbonyl (C=O) groups excluding carboxylic acids is 4. The average Bonchev–Trinajstić information content (AvgIpc) is 3.44. The van der Waals surface area contributed by atoms with Gasteiger partial charge in [0.2, 0.25) is 0 Å². The number of likely N-dealkylation sites (N-methyl/N-ethyl adjacent to an activating group) is 1. The van der Waals surface area contributed by atoms with Crippen molar-refractivity contribution in [1.29, 1.82) is 0 Å². The summed E-state index contributed by atoms with van der Waals surface area (Å²) in [5.74, 6) is -7.06. The first-order valence-electron chi connectivity index (χ1n) is 27.3. The number of methoxy groups -OCH3 is 2. The number of likely N-dealkylation sites (tertiary alicyclic amines) is 1. The van der Waals surface area contributed by atoms with E-state index in [9.17, 15) is 19.8 Å². The van der Waals surface area contributed by atoms with Gasteiger partial charge in [-0.3, -0.25) is 14.4 Å². The van der Waals surface area contributed by atoms with Gasteiger partial charge < -0.3 is 77.0 Å². The molecule has 21 nitrogen and oxygen atoms in total. The molecule has 0 aromatic carbocycles. The number of hydrogen-bond acceptors (Lipinski definition) is 20. The number of cyclic esters (lactones) is 1. The summed E-state index contributed by atoms with van der Waals surface area (Å²) in [7, 11) is 6.32. The van der Waals surface area contributed by atoms with E-state index in [2.05, 4.69) is 17.0 Å². The van der Waals surface area contributed by atoms with Crippen molar-refractivity contribution in [2.24, 2.45) is 46.6 Å². The van der Waals surface area contributed by atoms with Gasteiger partial charge in [-0.1, -0.05) is 53.6 Å². The molecule has 1 amide bonds. The fourth-order valence-electron chi connectivity index (χ4n) is 11.5. The number of aliphatic hydroxyl groups excluding tert-OH is 2. The van der Waals surface area contributed by atoms with Crippen LogP contribution in [0.2, 0.25) is 0 Å². The molecular weight excluding hydrogens is 979 g/mol. The van der Waals surface area contributed by atoms with Crippen molar-refractivity contribution in [2.75, 3.05) is 54.6 Å². The predicted octanol–water partition coefficient (Wildman–Crippen LogP) is 5.12. The summed E-state index contributed by atoms with van der Waals surface area (Å²) in [5.41, 5.74) is -1.56. The molecule has 5 aliphatic rings. The highest BCUT2D eigenvalue weighted by Gasteiger charge is 2.53. The topological polar surface area (TPSA) is 238 Å². The highest BCUT2D eigenvalue weighted by Crippen LogP contribution is 2.41. The van der Waals surface area contributed by atoms with Gasteiger partial charge in [-0.15, -0.1) is 0 Å². The van der Waals surface area contributed by atoms with Crippen LogP contribution in [0, 0.1) is 41.4 Å². The summed E-state index contributed by atoms with van der Waals surface area (Å²) >= 11 is 0. The molecular formula is C54H93N3O18. The highest BCUT2D eigenvalue weighted by molar-refractivity contribution is 5.92. The molecule has 0 aliphatic carbocycles. The van der Waals surface area contributed by atoms with Crippen LogP contribution in [-0.2, 0) is 71.3 Å². The minimum atomic E-state index is -1.86. The van der Waals surface area contributed by atoms with Gasteiger partial charge in [0.1, 0.15) is 43.7 Å². The zero-order valence-electron chi connectivity index (χ0n) is 47.8. The number of amides is 1. The molecule has 0 radical (unpaired) electrons. The van der Waals surface area contributed by atoms with Gasteiger partial charge in [0.05, 0.1) is 54.7 Å². The number of esters is 2. The van der Waals surface area contributed by atoms with E-state index in [1.807, 2.05) is 55.5 Å². The van der Waals surface area contributed by atoms with Crippen molar-refractivity contribution in [3.8, 4) is 0 Å². The lowest BCUT2D eigenvalue weighted by Crippen LogP contribution is -2.59. The number of nitrogens with zero attached hydrogens (tertiary/aromatic N) is 3. The third-order valence-corrected chi connectivity index (χ3v) is 16.0. The first-order chi connectivity index (χ1) is 35.2. The van der Waals surface area contributed by atoms with Crippen LogP contribution in [0.1, 0.15) is 122 Å². The Labute approximate surface area is 445 Å². The number of ether oxygens (including phenoxy) is 11. The Bertz CT molecular complexity index is 1890. The molecule has 0 bridgehead atoms. The molecule has 1 unspecified atom stereocenters. The normalized spacial score (nSPS) is 42.0. The van der Waals surface area contributed by atoms with E-state index in [-0.39, 0.29) is 43.9 Å². The van der Waals surface area contributed by atoms with Crippen molar-refractivity contribution in [3.05, 3.63) is 0 Å². The minimum Gasteiger partial charge on any atom is -0.461 e. The molecule has 22 atom stereocenters. The fraction of sp³-hybridized carbons (Fsp3) is 0.907. The molecule has 21 heteroatoms. The van der Waals surface area contributed by atoms with Gasteiger partial charge in [-0.25, -0.2) is 4.79 Å². The van der Waals surface area contributed by atoms with Crippen LogP contribution >= 0.6 is 0 Å². The first-order valence-corrected chi connectivity index (χ1v) is 27.3. The molecule has 5 heterocycles. The second kappa shape index (κ2) is 27.7. The number of carbonyl (C=O) groups is 4. The Morgan fingerprint density at radius 1 is 0.813 bits per heavy atom. The van der Waals surface area contributed by atoms with Crippen molar-refractivity contribution in [1.82, 2.24) is 9.80 Å². The van der Waals surface area contributed by atoms with Gasteiger partial charge in [0.15, 0.2) is 30.3 Å². The van der Waals surface area contributed by atoms with Crippen LogP contribution in [0.5, 0.6) is 0 Å². The molecule has 75 heavy (non-hydrogen) atoms. The Morgan fingerprint density at radius 2 is 1.48 bits per heavy atom. The Hall–Kier alpha value is -3.09. The molecule has 2 N–H and O–H groups in total. The summed E-state index contributed by atoms with van der Waals surface area (Å²) < 4.78 is 70.3. The maximum absolute atomic E-state index is 15.7. The van der Waals surface area contributed by atoms with Gasteiger partial charge >= 0.3 is 18.0 Å². The lowest BCUT2D eigenvalue weighted by atomic mass is 9.74. The Morgan fingerprint density at radius 3 is 2.08 bits per heavy atom. The lowest BCUT2D eigenvalue weighted by Gasteiger charge is -2.45. The molecule has 0 aromatic rings. The largest absolute Gasteiger partial charge is 0.461 e. The maximum Gasteiger partial charge on any atom is 0.410 e. The van der Waals surface area contributed by atoms with Crippen LogP contribution in [0.15, 0.2) is 5.16 Å². The fourth-order valence-corrected chi connectivity index (χ4v) is 11.5. The number of aliphatic hydroxyl groups is 2. The van der Waals surface area contributed by atoms with Crippen molar-refractivity contribution < 1.29 is 86.3 Å². The summed E-state index contributed by atoms with van der Waals surface area (Å²) in [4.78, 5) is 67.8. The van der Waals surface area contributed by atoms with Crippen molar-refractivity contribution in [3.63, 3.8) is 0 Å². The zero-order chi connectivity index (χ0) is 55.8. The van der Waals surface area contributed by atoms with Crippen LogP contribution < -0.4 is 0 Å². The van der Waals surface area contributed by atoms with Gasteiger partial charge in [0.25, 0.3) is 0 Å². The number of Topliss-reactive ketones (excluding diaryl/α,β-unsaturated/α-hetero) is 1. The van der Waals surface area contributed by atoms with Crippen LogP contribution in [0.4, 0.5) is 4.79 Å². The van der Waals surface area contributed by atoms with Crippen LogP contribution in [-0.4, -0.2) is 202 Å². The van der Waals surface area contributed by atoms with E-state index in [4.69, 9.17) is 56.9 Å². The molecule has 5 aliphatic heterocycles. The smallest absolute Gasteiger partial charge is 0.410 e. The highest BCUT2D eigenvalue weighted by atomic mass is 16.7. The zero-order valence-corrected chi connectivity index (χ0v) is 47.8. The SMILES string of the molecule is CO/N=C1\C[C@@H](C)O[C@@H](O[C@@H]2[C@@H](C)[C@H](O[C@H]3CC(C)N(C)C[C@H](C)O3)[C@@H](C)C(=O)O[C@H]([C@@H](C)CO[C@@H]3O[C@H](C)[C@@H](O)[C@@H](OC)[C@H]3OC)[C@H](C)[C@@H](OC(=O)CC(C)C)[C@@H](C)C(=O)[C@@](C)(OC(=O)N3CCC3)C[C@@H]2C)[C@@H]1O. The van der Waals surface area contributed by atoms with Gasteiger partial charge in [-0.05, 0) is 73.3 Å². The lowest BCUT2D eigenvalue weighted by molar-refractivity contribution is -0.305. The van der Waals surface area contributed by atoms with E-state index in [0.29, 0.717) is 31.8 Å². The van der Waals surface area contributed by atoms with E-state index < -0.39 is 145 Å². The quantitative estimate of drug-likeness (QED) is 0.123. The summed E-state index contributed by atoms with van der Waals surface area (Å²) in [6, 6.07) is 0.0280. The summed E-state index contributed by atoms with van der Waals surface area (Å²) in [6.07, 6.45) is -12.1. The first kappa shape index (κ1) is 62.7. The Kier molecular flexibility index (Phi) is 23.2. The van der Waals surface area contributed by atoms with E-state index in [1.54, 1.807) is 34.6 Å². The maximum atomic E-state index is 15.7. The third-order valence-electron chi connectivity index (χ3n) is 16.0. The molecule has 5 fully saturated rings. The predicted molar refractivity (Wildman–Crippen MR) is 273 cm³/mol. The number of oxime groups is 1. The summed E-state index contributed by atoms with van der Waals surface area (Å²) in [5, 5.41) is 26.8. The van der Waals surface area contributed by atoms with E-state index >= 15 is 9.59 Å². The van der Waals surface area contributed by atoms with Crippen LogP contribution in [0.25, 0.3) is 0 Å². The van der Waals surface area contributed by atoms with Gasteiger partial charge in [-0.2, -0.15) is 0 Å². The van der Waals surface area contributed by atoms with Crippen molar-refractivity contribution >= 4 is 29.5 Å². The molecule has 432 valence electrons. The van der Waals surface area contributed by atoms with Gasteiger partial charge in [0, 0.05) is 76.9 Å². The second-order valence-electron chi connectivity index (χ2n) is 23.0. The minimum absolute atomic E-state index is 0.0280. The number of hydrogen-bond donors (Lipinski definition) is 2. The standard InChI is InChI=1S/C54H93N3O18/c1-27(2)21-39(58)71-45-34(9)44(29(4)26-67-52-48(65-16)47(64-15)41(59)37(12)70-52)73-50(62)36(11)46(72-40-22-30(5)56(14)25-32(7)68-40)33(8)43(74-51-42(60)38(55-66-17)23-31(6)69-51)28(3)24-54(13,49(61)35(45)10)75-53(63)57-19-18-20-57/h27-37,40-48,51-52,59-60H,18-26H2,1-17H3/b55-38+/t28-,29-,30?,31+,32-,33+,34-,35+,36+,37+,40-,41+,42+,43-,44+,45+,46-,47+,48+,51-,52+,54-/m0/s1. The second-order valence-corrected chi connectivity index (χ2v) is 23.0. The summed E-state index contributed by atoms with van der Waals surface area (Å²) in [6.45, 7) is 25.0. The average molecular weight is 1070 g/mol. The van der Waals surface area contributed by atoms with Crippen molar-refractivity contribution in [2.45, 2.75) is 220 Å². The van der Waals surface area contributed by atoms with E-state index in [1.165, 1.54) is 26.2 Å². The monoisotopic (exact) mass is 1070 g/mol.